The van der Waals surface area contributed by atoms with Crippen LogP contribution in [0.2, 0.25) is 0 Å². The van der Waals surface area contributed by atoms with Gasteiger partial charge in [-0.05, 0) is 69.4 Å². The number of hydrogen-bond donors (Lipinski definition) is 1. The Kier molecular flexibility index (Phi) is 8.95. The van der Waals surface area contributed by atoms with Gasteiger partial charge in [0.2, 0.25) is 5.91 Å². The lowest BCUT2D eigenvalue weighted by Crippen LogP contribution is -2.23. The molecule has 0 fully saturated rings. The molecule has 0 radical (unpaired) electrons. The molecular weight excluding hydrogens is 356 g/mol. The standard InChI is InChI=1S/C22H28N2O2S/c1-24(2)16-7-6-15-23-22(25)14-13-18-9-4-5-12-21(18)27-20-11-8-10-19(17-20)26-3/h4-5,8-14,17H,6-7,15-16H2,1-3H3,(H,23,25)/b14-13+. The number of carbonyl (C=O) groups is 1. The summed E-state index contributed by atoms with van der Waals surface area (Å²) in [6.45, 7) is 1.75. The molecule has 0 aliphatic heterocycles. The number of carbonyl (C=O) groups excluding carboxylic acids is 1. The maximum Gasteiger partial charge on any atom is 0.243 e. The first kappa shape index (κ1) is 21.1. The zero-order chi connectivity index (χ0) is 19.5. The number of methoxy groups -OCH3 is 1. The predicted octanol–water partition coefficient (Wildman–Crippen LogP) is 4.32. The highest BCUT2D eigenvalue weighted by Gasteiger charge is 2.04. The average Bonchev–Trinajstić information content (AvgIpc) is 2.67. The molecule has 0 unspecified atom stereocenters. The highest BCUT2D eigenvalue weighted by molar-refractivity contribution is 7.99. The van der Waals surface area contributed by atoms with E-state index >= 15 is 0 Å². The first-order chi connectivity index (χ1) is 13.1. The van der Waals surface area contributed by atoms with Crippen LogP contribution in [0.5, 0.6) is 5.75 Å². The Labute approximate surface area is 166 Å². The summed E-state index contributed by atoms with van der Waals surface area (Å²) in [7, 11) is 5.78. The molecule has 0 saturated heterocycles. The van der Waals surface area contributed by atoms with E-state index in [1.807, 2.05) is 48.5 Å². The molecule has 0 aliphatic carbocycles. The van der Waals surface area contributed by atoms with E-state index in [0.29, 0.717) is 6.54 Å². The fourth-order valence-corrected chi connectivity index (χ4v) is 3.47. The quantitative estimate of drug-likeness (QED) is 0.489. The molecule has 0 saturated carbocycles. The van der Waals surface area contributed by atoms with E-state index in [9.17, 15) is 4.79 Å². The van der Waals surface area contributed by atoms with Gasteiger partial charge >= 0.3 is 0 Å². The van der Waals surface area contributed by atoms with E-state index in [4.69, 9.17) is 4.74 Å². The summed E-state index contributed by atoms with van der Waals surface area (Å²) in [5, 5.41) is 2.94. The smallest absolute Gasteiger partial charge is 0.243 e. The van der Waals surface area contributed by atoms with Crippen molar-refractivity contribution in [2.45, 2.75) is 22.6 Å². The molecular formula is C22H28N2O2S. The number of nitrogens with zero attached hydrogens (tertiary/aromatic N) is 1. The number of ether oxygens (including phenoxy) is 1. The van der Waals surface area contributed by atoms with Crippen LogP contribution in [0, 0.1) is 0 Å². The number of nitrogens with one attached hydrogen (secondary N) is 1. The number of hydrogen-bond acceptors (Lipinski definition) is 4. The lowest BCUT2D eigenvalue weighted by Gasteiger charge is -2.09. The van der Waals surface area contributed by atoms with E-state index in [1.54, 1.807) is 24.9 Å². The van der Waals surface area contributed by atoms with Gasteiger partial charge in [0.05, 0.1) is 7.11 Å². The Balaban J connectivity index is 1.92. The maximum absolute atomic E-state index is 12.0. The number of rotatable bonds is 10. The molecule has 0 bridgehead atoms. The van der Waals surface area contributed by atoms with Crippen LogP contribution < -0.4 is 10.1 Å². The molecule has 1 amide bonds. The van der Waals surface area contributed by atoms with Crippen molar-refractivity contribution in [3.05, 3.63) is 60.2 Å². The number of amides is 1. The molecule has 0 aromatic heterocycles. The zero-order valence-electron chi connectivity index (χ0n) is 16.3. The molecule has 2 aromatic carbocycles. The van der Waals surface area contributed by atoms with Crippen LogP contribution in [-0.2, 0) is 4.79 Å². The van der Waals surface area contributed by atoms with Gasteiger partial charge in [0.15, 0.2) is 0 Å². The highest BCUT2D eigenvalue weighted by Crippen LogP contribution is 2.32. The SMILES string of the molecule is COc1cccc(Sc2ccccc2/C=C/C(=O)NCCCCN(C)C)c1. The van der Waals surface area contributed by atoms with E-state index < -0.39 is 0 Å². The fourth-order valence-electron chi connectivity index (χ4n) is 2.49. The first-order valence-corrected chi connectivity index (χ1v) is 9.91. The van der Waals surface area contributed by atoms with Gasteiger partial charge in [-0.3, -0.25) is 4.79 Å². The van der Waals surface area contributed by atoms with Crippen molar-refractivity contribution in [3.63, 3.8) is 0 Å². The Morgan fingerprint density at radius 1 is 1.15 bits per heavy atom. The fraction of sp³-hybridized carbons (Fsp3) is 0.318. The van der Waals surface area contributed by atoms with Crippen molar-refractivity contribution in [1.29, 1.82) is 0 Å². The molecule has 144 valence electrons. The van der Waals surface area contributed by atoms with Crippen LogP contribution in [0.4, 0.5) is 0 Å². The van der Waals surface area contributed by atoms with Crippen LogP contribution in [-0.4, -0.2) is 45.1 Å². The third-order valence-electron chi connectivity index (χ3n) is 3.93. The second kappa shape index (κ2) is 11.5. The molecule has 27 heavy (non-hydrogen) atoms. The molecule has 4 nitrogen and oxygen atoms in total. The summed E-state index contributed by atoms with van der Waals surface area (Å²) >= 11 is 1.65. The van der Waals surface area contributed by atoms with Gasteiger partial charge in [-0.15, -0.1) is 0 Å². The van der Waals surface area contributed by atoms with Crippen LogP contribution in [0.25, 0.3) is 6.08 Å². The average molecular weight is 385 g/mol. The molecule has 0 atom stereocenters. The van der Waals surface area contributed by atoms with Gasteiger partial charge in [-0.1, -0.05) is 36.0 Å². The molecule has 2 rings (SSSR count). The van der Waals surface area contributed by atoms with Gasteiger partial charge in [0.1, 0.15) is 5.75 Å². The topological polar surface area (TPSA) is 41.6 Å². The lowest BCUT2D eigenvalue weighted by molar-refractivity contribution is -0.116. The highest BCUT2D eigenvalue weighted by atomic mass is 32.2. The lowest BCUT2D eigenvalue weighted by atomic mass is 10.2. The summed E-state index contributed by atoms with van der Waals surface area (Å²) in [6.07, 6.45) is 5.55. The Bertz CT molecular complexity index is 759. The van der Waals surface area contributed by atoms with E-state index in [2.05, 4.69) is 30.4 Å². The molecule has 2 aromatic rings. The monoisotopic (exact) mass is 384 g/mol. The third-order valence-corrected chi connectivity index (χ3v) is 5.01. The van der Waals surface area contributed by atoms with Crippen molar-refractivity contribution in [2.24, 2.45) is 0 Å². The van der Waals surface area contributed by atoms with Gasteiger partial charge < -0.3 is 15.0 Å². The maximum atomic E-state index is 12.0. The van der Waals surface area contributed by atoms with Crippen LogP contribution >= 0.6 is 11.8 Å². The van der Waals surface area contributed by atoms with Crippen molar-refractivity contribution in [2.75, 3.05) is 34.3 Å². The number of unbranched alkanes of at least 4 members (excludes halogenated alkanes) is 1. The van der Waals surface area contributed by atoms with Gasteiger partial charge in [0, 0.05) is 22.4 Å². The van der Waals surface area contributed by atoms with E-state index in [1.165, 1.54) is 0 Å². The summed E-state index contributed by atoms with van der Waals surface area (Å²) in [5.74, 6) is 0.780. The Morgan fingerprint density at radius 2 is 1.96 bits per heavy atom. The molecule has 0 spiro atoms. The van der Waals surface area contributed by atoms with Gasteiger partial charge in [-0.25, -0.2) is 0 Å². The second-order valence-electron chi connectivity index (χ2n) is 6.45. The normalized spacial score (nSPS) is 11.1. The minimum Gasteiger partial charge on any atom is -0.497 e. The Hall–Kier alpha value is -2.24. The van der Waals surface area contributed by atoms with Crippen molar-refractivity contribution >= 4 is 23.7 Å². The second-order valence-corrected chi connectivity index (χ2v) is 7.57. The predicted molar refractivity (Wildman–Crippen MR) is 113 cm³/mol. The molecule has 0 heterocycles. The minimum absolute atomic E-state index is 0.0546. The van der Waals surface area contributed by atoms with Gasteiger partial charge in [-0.2, -0.15) is 0 Å². The first-order valence-electron chi connectivity index (χ1n) is 9.10. The van der Waals surface area contributed by atoms with Crippen molar-refractivity contribution in [3.8, 4) is 5.75 Å². The molecule has 5 heteroatoms. The van der Waals surface area contributed by atoms with E-state index in [0.717, 1.165) is 40.5 Å². The number of benzene rings is 2. The molecule has 0 aliphatic rings. The Morgan fingerprint density at radius 3 is 2.74 bits per heavy atom. The van der Waals surface area contributed by atoms with Crippen molar-refractivity contribution in [1.82, 2.24) is 10.2 Å². The van der Waals surface area contributed by atoms with Crippen molar-refractivity contribution < 1.29 is 9.53 Å². The zero-order valence-corrected chi connectivity index (χ0v) is 17.1. The molecule has 1 N–H and O–H groups in total. The van der Waals surface area contributed by atoms with Crippen LogP contribution in [0.3, 0.4) is 0 Å². The van der Waals surface area contributed by atoms with Crippen LogP contribution in [0.15, 0.2) is 64.4 Å². The van der Waals surface area contributed by atoms with Crippen LogP contribution in [0.1, 0.15) is 18.4 Å². The largest absolute Gasteiger partial charge is 0.497 e. The van der Waals surface area contributed by atoms with Gasteiger partial charge in [0.25, 0.3) is 0 Å². The summed E-state index contributed by atoms with van der Waals surface area (Å²) in [6, 6.07) is 16.0. The summed E-state index contributed by atoms with van der Waals surface area (Å²) < 4.78 is 5.29. The summed E-state index contributed by atoms with van der Waals surface area (Å²) in [4.78, 5) is 16.4. The minimum atomic E-state index is -0.0546. The summed E-state index contributed by atoms with van der Waals surface area (Å²) in [5.41, 5.74) is 1.02. The third kappa shape index (κ3) is 7.89. The van der Waals surface area contributed by atoms with E-state index in [-0.39, 0.29) is 5.91 Å².